The summed E-state index contributed by atoms with van der Waals surface area (Å²) in [6.07, 6.45) is 5.06. The summed E-state index contributed by atoms with van der Waals surface area (Å²) in [4.78, 5) is 2.33. The highest BCUT2D eigenvalue weighted by Gasteiger charge is 2.24. The molecule has 1 aliphatic rings. The fourth-order valence-corrected chi connectivity index (χ4v) is 2.43. The van der Waals surface area contributed by atoms with Crippen molar-refractivity contribution in [1.29, 1.82) is 0 Å². The number of hydrogen-bond acceptors (Lipinski definition) is 3. The molecule has 0 amide bonds. The molecule has 1 fully saturated rings. The number of piperidine rings is 1. The van der Waals surface area contributed by atoms with E-state index < -0.39 is 0 Å². The first-order valence-electron chi connectivity index (χ1n) is 4.62. The molecule has 1 rings (SSSR count). The first-order chi connectivity index (χ1) is 5.77. The van der Waals surface area contributed by atoms with Gasteiger partial charge in [0.1, 0.15) is 6.23 Å². The number of likely N-dealkylation sites (tertiary alicyclic amines) is 1. The molecule has 3 heteroatoms. The summed E-state index contributed by atoms with van der Waals surface area (Å²) in [6, 6.07) is 0. The third-order valence-corrected chi connectivity index (χ3v) is 3.46. The van der Waals surface area contributed by atoms with E-state index in [-0.39, 0.29) is 0 Å². The maximum Gasteiger partial charge on any atom is 0.110 e. The predicted molar refractivity (Wildman–Crippen MR) is 54.6 cm³/mol. The van der Waals surface area contributed by atoms with Gasteiger partial charge in [0.05, 0.1) is 0 Å². The molecule has 1 aliphatic heterocycles. The second-order valence-corrected chi connectivity index (χ2v) is 4.42. The minimum atomic E-state index is 0.374. The van der Waals surface area contributed by atoms with Crippen LogP contribution < -0.4 is 0 Å². The second-order valence-electron chi connectivity index (χ2n) is 3.28. The van der Waals surface area contributed by atoms with Crippen LogP contribution >= 0.6 is 11.8 Å². The number of thioether (sulfide) groups is 1. The maximum absolute atomic E-state index is 5.60. The largest absolute Gasteiger partial charge is 0.363 e. The van der Waals surface area contributed by atoms with E-state index in [1.165, 1.54) is 19.4 Å². The lowest BCUT2D eigenvalue weighted by Crippen LogP contribution is -2.43. The van der Waals surface area contributed by atoms with E-state index in [1.807, 2.05) is 11.8 Å². The first-order valence-corrected chi connectivity index (χ1v) is 5.91. The molecule has 0 aromatic heterocycles. The van der Waals surface area contributed by atoms with Gasteiger partial charge < -0.3 is 4.74 Å². The van der Waals surface area contributed by atoms with E-state index in [2.05, 4.69) is 25.1 Å². The van der Waals surface area contributed by atoms with Gasteiger partial charge in [0.2, 0.25) is 0 Å². The van der Waals surface area contributed by atoms with Gasteiger partial charge in [-0.05, 0) is 33.1 Å². The van der Waals surface area contributed by atoms with E-state index in [1.54, 1.807) is 0 Å². The van der Waals surface area contributed by atoms with Crippen LogP contribution in [0.3, 0.4) is 0 Å². The monoisotopic (exact) mass is 189 g/mol. The third kappa shape index (κ3) is 2.64. The zero-order valence-corrected chi connectivity index (χ0v) is 9.06. The SMILES string of the molecule is CCOC1CCC(SC)CN1C. The van der Waals surface area contributed by atoms with Gasteiger partial charge in [-0.15, -0.1) is 0 Å². The lowest BCUT2D eigenvalue weighted by atomic mass is 10.1. The molecule has 2 atom stereocenters. The number of rotatable bonds is 3. The van der Waals surface area contributed by atoms with Crippen molar-refractivity contribution in [2.45, 2.75) is 31.2 Å². The Hall–Kier alpha value is 0.270. The molecular weight excluding hydrogens is 170 g/mol. The van der Waals surface area contributed by atoms with Crippen molar-refractivity contribution in [3.05, 3.63) is 0 Å². The molecule has 0 N–H and O–H groups in total. The van der Waals surface area contributed by atoms with Crippen LogP contribution in [0.25, 0.3) is 0 Å². The van der Waals surface area contributed by atoms with E-state index in [4.69, 9.17) is 4.74 Å². The molecule has 12 heavy (non-hydrogen) atoms. The molecule has 1 saturated heterocycles. The maximum atomic E-state index is 5.60. The second kappa shape index (κ2) is 5.10. The average Bonchev–Trinajstić information content (AvgIpc) is 2.09. The minimum Gasteiger partial charge on any atom is -0.363 e. The van der Waals surface area contributed by atoms with Gasteiger partial charge in [-0.25, -0.2) is 0 Å². The highest BCUT2D eigenvalue weighted by molar-refractivity contribution is 7.99. The summed E-state index contributed by atoms with van der Waals surface area (Å²) in [5.41, 5.74) is 0. The number of hydrogen-bond donors (Lipinski definition) is 0. The Morgan fingerprint density at radius 3 is 2.75 bits per heavy atom. The molecular formula is C9H19NOS. The lowest BCUT2D eigenvalue weighted by molar-refractivity contribution is -0.0608. The van der Waals surface area contributed by atoms with Gasteiger partial charge >= 0.3 is 0 Å². The third-order valence-electron chi connectivity index (χ3n) is 2.41. The molecule has 0 aliphatic carbocycles. The first kappa shape index (κ1) is 10.4. The normalized spacial score (nSPS) is 32.2. The fraction of sp³-hybridized carbons (Fsp3) is 1.00. The van der Waals surface area contributed by atoms with Gasteiger partial charge in [0, 0.05) is 18.4 Å². The van der Waals surface area contributed by atoms with Gasteiger partial charge in [-0.1, -0.05) is 0 Å². The van der Waals surface area contributed by atoms with E-state index in [0.29, 0.717) is 6.23 Å². The summed E-state index contributed by atoms with van der Waals surface area (Å²) in [6.45, 7) is 4.07. The topological polar surface area (TPSA) is 12.5 Å². The Labute approximate surface area is 79.6 Å². The zero-order valence-electron chi connectivity index (χ0n) is 8.25. The van der Waals surface area contributed by atoms with E-state index in [9.17, 15) is 0 Å². The average molecular weight is 189 g/mol. The molecule has 0 spiro atoms. The van der Waals surface area contributed by atoms with E-state index >= 15 is 0 Å². The summed E-state index contributed by atoms with van der Waals surface area (Å²) in [5, 5.41) is 0.812. The Kier molecular flexibility index (Phi) is 4.40. The predicted octanol–water partition coefficient (Wildman–Crippen LogP) is 1.81. The Bertz CT molecular complexity index is 132. The van der Waals surface area contributed by atoms with Gasteiger partial charge in [0.15, 0.2) is 0 Å². The number of ether oxygens (including phenoxy) is 1. The smallest absolute Gasteiger partial charge is 0.110 e. The van der Waals surface area contributed by atoms with Crippen LogP contribution in [-0.2, 0) is 4.74 Å². The molecule has 0 bridgehead atoms. The molecule has 2 unspecified atom stereocenters. The standard InChI is InChI=1S/C9H19NOS/c1-4-11-9-6-5-8(12-3)7-10(9)2/h8-9H,4-7H2,1-3H3. The molecule has 2 nitrogen and oxygen atoms in total. The molecule has 0 aromatic rings. The van der Waals surface area contributed by atoms with Crippen molar-refractivity contribution in [3.63, 3.8) is 0 Å². The quantitative estimate of drug-likeness (QED) is 0.672. The number of nitrogens with zero attached hydrogens (tertiary/aromatic N) is 1. The summed E-state index contributed by atoms with van der Waals surface area (Å²) < 4.78 is 5.60. The highest BCUT2D eigenvalue weighted by atomic mass is 32.2. The molecule has 0 saturated carbocycles. The summed E-state index contributed by atoms with van der Waals surface area (Å²) in [7, 11) is 2.16. The summed E-state index contributed by atoms with van der Waals surface area (Å²) in [5.74, 6) is 0. The lowest BCUT2D eigenvalue weighted by Gasteiger charge is -2.35. The Morgan fingerprint density at radius 1 is 1.50 bits per heavy atom. The van der Waals surface area contributed by atoms with Crippen molar-refractivity contribution >= 4 is 11.8 Å². The van der Waals surface area contributed by atoms with Crippen LogP contribution in [0.1, 0.15) is 19.8 Å². The molecule has 1 heterocycles. The highest BCUT2D eigenvalue weighted by Crippen LogP contribution is 2.23. The molecule has 72 valence electrons. The fourth-order valence-electron chi connectivity index (χ4n) is 1.67. The van der Waals surface area contributed by atoms with Crippen molar-refractivity contribution in [2.75, 3.05) is 26.5 Å². The van der Waals surface area contributed by atoms with Crippen LogP contribution in [0.15, 0.2) is 0 Å². The van der Waals surface area contributed by atoms with Gasteiger partial charge in [-0.2, -0.15) is 11.8 Å². The van der Waals surface area contributed by atoms with Gasteiger partial charge in [0.25, 0.3) is 0 Å². The van der Waals surface area contributed by atoms with Crippen molar-refractivity contribution in [2.24, 2.45) is 0 Å². The summed E-state index contributed by atoms with van der Waals surface area (Å²) >= 11 is 1.97. The molecule has 0 aromatic carbocycles. The van der Waals surface area contributed by atoms with Crippen molar-refractivity contribution < 1.29 is 4.74 Å². The van der Waals surface area contributed by atoms with Crippen molar-refractivity contribution in [3.8, 4) is 0 Å². The van der Waals surface area contributed by atoms with E-state index in [0.717, 1.165) is 11.9 Å². The zero-order chi connectivity index (χ0) is 8.97. The molecule has 0 radical (unpaired) electrons. The van der Waals surface area contributed by atoms with Gasteiger partial charge in [-0.3, -0.25) is 4.90 Å². The van der Waals surface area contributed by atoms with Crippen LogP contribution in [0, 0.1) is 0 Å². The minimum absolute atomic E-state index is 0.374. The Balaban J connectivity index is 2.31. The van der Waals surface area contributed by atoms with Crippen molar-refractivity contribution in [1.82, 2.24) is 4.90 Å². The van der Waals surface area contributed by atoms with Crippen LogP contribution in [0.2, 0.25) is 0 Å². The van der Waals surface area contributed by atoms with Crippen LogP contribution in [-0.4, -0.2) is 42.8 Å². The van der Waals surface area contributed by atoms with Crippen LogP contribution in [0.5, 0.6) is 0 Å². The Morgan fingerprint density at radius 2 is 2.25 bits per heavy atom. The van der Waals surface area contributed by atoms with Crippen LogP contribution in [0.4, 0.5) is 0 Å².